The molecule has 3 aromatic carbocycles. The zero-order valence-corrected chi connectivity index (χ0v) is 13.4. The van der Waals surface area contributed by atoms with Crippen molar-refractivity contribution in [3.05, 3.63) is 65.7 Å². The standard InChI is InChI=1S/C18H15ClN2O3/c19-12-7-9-13(10-8-12)24-11-20-18(23)21-16-5-1-4-15-14(16)3-2-6-17(15)22/h1-10,22H,11H2,(H2,20,21,23). The molecule has 5 nitrogen and oxygen atoms in total. The fraction of sp³-hybridized carbons (Fsp3) is 0.0556. The van der Waals surface area contributed by atoms with Gasteiger partial charge in [-0.25, -0.2) is 4.79 Å². The van der Waals surface area contributed by atoms with E-state index in [9.17, 15) is 9.90 Å². The molecule has 3 aromatic rings. The number of hydrogen-bond donors (Lipinski definition) is 3. The van der Waals surface area contributed by atoms with Crippen LogP contribution in [0.3, 0.4) is 0 Å². The maximum absolute atomic E-state index is 12.0. The van der Waals surface area contributed by atoms with E-state index in [1.54, 1.807) is 54.6 Å². The van der Waals surface area contributed by atoms with Crippen LogP contribution in [0.4, 0.5) is 10.5 Å². The van der Waals surface area contributed by atoms with Gasteiger partial charge >= 0.3 is 6.03 Å². The number of anilines is 1. The van der Waals surface area contributed by atoms with Gasteiger partial charge in [0.15, 0.2) is 6.73 Å². The first-order chi connectivity index (χ1) is 11.6. The maximum atomic E-state index is 12.0. The number of fused-ring (bicyclic) bond motifs is 1. The number of nitrogens with one attached hydrogen (secondary N) is 2. The molecule has 0 atom stereocenters. The molecular formula is C18H15ClN2O3. The average Bonchev–Trinajstić information content (AvgIpc) is 2.58. The Hall–Kier alpha value is -2.92. The molecule has 0 spiro atoms. The molecular weight excluding hydrogens is 328 g/mol. The van der Waals surface area contributed by atoms with Crippen LogP contribution in [-0.2, 0) is 0 Å². The summed E-state index contributed by atoms with van der Waals surface area (Å²) in [5.74, 6) is 0.775. The number of aromatic hydroxyl groups is 1. The van der Waals surface area contributed by atoms with Crippen molar-refractivity contribution >= 4 is 34.1 Å². The second kappa shape index (κ2) is 7.10. The van der Waals surface area contributed by atoms with Crippen LogP contribution < -0.4 is 15.4 Å². The van der Waals surface area contributed by atoms with Crippen molar-refractivity contribution in [1.29, 1.82) is 0 Å². The van der Waals surface area contributed by atoms with Crippen LogP contribution in [0.1, 0.15) is 0 Å². The third-order valence-corrected chi connectivity index (χ3v) is 3.68. The smallest absolute Gasteiger partial charge is 0.321 e. The number of halogens is 1. The lowest BCUT2D eigenvalue weighted by molar-refractivity contribution is 0.234. The van der Waals surface area contributed by atoms with E-state index in [2.05, 4.69) is 10.6 Å². The molecule has 0 unspecified atom stereocenters. The summed E-state index contributed by atoms with van der Waals surface area (Å²) >= 11 is 5.79. The summed E-state index contributed by atoms with van der Waals surface area (Å²) in [6.07, 6.45) is 0. The number of rotatable bonds is 4. The maximum Gasteiger partial charge on any atom is 0.321 e. The van der Waals surface area contributed by atoms with Crippen molar-refractivity contribution < 1.29 is 14.6 Å². The van der Waals surface area contributed by atoms with Gasteiger partial charge < -0.3 is 20.5 Å². The normalized spacial score (nSPS) is 10.4. The highest BCUT2D eigenvalue weighted by molar-refractivity contribution is 6.30. The number of amides is 2. The Bertz CT molecular complexity index is 866. The van der Waals surface area contributed by atoms with Crippen LogP contribution in [0, 0.1) is 0 Å². The van der Waals surface area contributed by atoms with Gasteiger partial charge in [-0.3, -0.25) is 0 Å². The van der Waals surface area contributed by atoms with E-state index < -0.39 is 6.03 Å². The van der Waals surface area contributed by atoms with Crippen LogP contribution >= 0.6 is 11.6 Å². The predicted molar refractivity (Wildman–Crippen MR) is 94.7 cm³/mol. The molecule has 0 heterocycles. The Labute approximate surface area is 143 Å². The molecule has 0 aliphatic rings. The summed E-state index contributed by atoms with van der Waals surface area (Å²) in [5.41, 5.74) is 0.604. The number of benzene rings is 3. The van der Waals surface area contributed by atoms with Gasteiger partial charge in [0.25, 0.3) is 0 Å². The molecule has 122 valence electrons. The summed E-state index contributed by atoms with van der Waals surface area (Å²) < 4.78 is 5.41. The lowest BCUT2D eigenvalue weighted by atomic mass is 10.1. The molecule has 0 saturated heterocycles. The van der Waals surface area contributed by atoms with Crippen LogP contribution in [0.25, 0.3) is 10.8 Å². The zero-order chi connectivity index (χ0) is 16.9. The number of hydrogen-bond acceptors (Lipinski definition) is 3. The highest BCUT2D eigenvalue weighted by Gasteiger charge is 2.07. The van der Waals surface area contributed by atoms with Crippen LogP contribution in [0.2, 0.25) is 5.02 Å². The molecule has 3 rings (SSSR count). The summed E-state index contributed by atoms with van der Waals surface area (Å²) in [4.78, 5) is 12.0. The quantitative estimate of drug-likeness (QED) is 0.617. The molecule has 24 heavy (non-hydrogen) atoms. The first-order valence-corrected chi connectivity index (χ1v) is 7.65. The molecule has 0 aliphatic carbocycles. The second-order valence-corrected chi connectivity index (χ2v) is 5.49. The molecule has 0 aliphatic heterocycles. The Kier molecular flexibility index (Phi) is 4.72. The van der Waals surface area contributed by atoms with Crippen molar-refractivity contribution in [2.24, 2.45) is 0 Å². The number of carbonyl (C=O) groups excluding carboxylic acids is 1. The van der Waals surface area contributed by atoms with E-state index in [0.717, 1.165) is 5.39 Å². The van der Waals surface area contributed by atoms with E-state index in [-0.39, 0.29) is 12.5 Å². The SMILES string of the molecule is O=C(NCOc1ccc(Cl)cc1)Nc1cccc2c(O)cccc12. The van der Waals surface area contributed by atoms with Gasteiger partial charge in [-0.1, -0.05) is 35.9 Å². The first-order valence-electron chi connectivity index (χ1n) is 7.27. The van der Waals surface area contributed by atoms with Crippen molar-refractivity contribution in [2.45, 2.75) is 0 Å². The minimum atomic E-state index is -0.403. The van der Waals surface area contributed by atoms with Gasteiger partial charge in [-0.15, -0.1) is 0 Å². The van der Waals surface area contributed by atoms with Crippen molar-refractivity contribution in [1.82, 2.24) is 5.32 Å². The number of urea groups is 1. The number of phenolic OH excluding ortho intramolecular Hbond substituents is 1. The van der Waals surface area contributed by atoms with Gasteiger partial charge in [-0.05, 0) is 36.4 Å². The molecule has 0 radical (unpaired) electrons. The molecule has 3 N–H and O–H groups in total. The molecule has 0 bridgehead atoms. The van der Waals surface area contributed by atoms with Gasteiger partial charge in [0.2, 0.25) is 0 Å². The van der Waals surface area contributed by atoms with Crippen LogP contribution in [-0.4, -0.2) is 17.9 Å². The lowest BCUT2D eigenvalue weighted by Gasteiger charge is -2.11. The van der Waals surface area contributed by atoms with Gasteiger partial charge in [0.05, 0.1) is 5.69 Å². The lowest BCUT2D eigenvalue weighted by Crippen LogP contribution is -2.32. The minimum absolute atomic E-state index is 0.0173. The average molecular weight is 343 g/mol. The number of phenols is 1. The molecule has 0 aromatic heterocycles. The minimum Gasteiger partial charge on any atom is -0.507 e. The van der Waals surface area contributed by atoms with E-state index in [0.29, 0.717) is 21.8 Å². The second-order valence-electron chi connectivity index (χ2n) is 5.05. The summed E-state index contributed by atoms with van der Waals surface area (Å²) in [6.45, 7) is 0.0173. The third-order valence-electron chi connectivity index (χ3n) is 3.43. The van der Waals surface area contributed by atoms with E-state index in [1.807, 2.05) is 6.07 Å². The van der Waals surface area contributed by atoms with E-state index in [1.165, 1.54) is 0 Å². The topological polar surface area (TPSA) is 70.6 Å². The summed E-state index contributed by atoms with van der Waals surface area (Å²) in [6, 6.07) is 16.9. The Morgan fingerprint density at radius 2 is 1.71 bits per heavy atom. The Morgan fingerprint density at radius 3 is 2.50 bits per heavy atom. The van der Waals surface area contributed by atoms with Crippen molar-refractivity contribution in [3.63, 3.8) is 0 Å². The van der Waals surface area contributed by atoms with Crippen molar-refractivity contribution in [3.8, 4) is 11.5 Å². The fourth-order valence-electron chi connectivity index (χ4n) is 2.28. The Morgan fingerprint density at radius 1 is 1.00 bits per heavy atom. The first kappa shape index (κ1) is 16.0. The highest BCUT2D eigenvalue weighted by atomic mass is 35.5. The molecule has 0 saturated carbocycles. The summed E-state index contributed by atoms with van der Waals surface area (Å²) in [7, 11) is 0. The van der Waals surface area contributed by atoms with Gasteiger partial charge in [0, 0.05) is 15.8 Å². The van der Waals surface area contributed by atoms with E-state index in [4.69, 9.17) is 16.3 Å². The largest absolute Gasteiger partial charge is 0.507 e. The zero-order valence-electron chi connectivity index (χ0n) is 12.6. The van der Waals surface area contributed by atoms with Gasteiger partial charge in [-0.2, -0.15) is 0 Å². The van der Waals surface area contributed by atoms with E-state index >= 15 is 0 Å². The van der Waals surface area contributed by atoms with Crippen molar-refractivity contribution in [2.75, 3.05) is 12.0 Å². The number of carbonyl (C=O) groups is 1. The monoisotopic (exact) mass is 342 g/mol. The predicted octanol–water partition coefficient (Wildman–Crippen LogP) is 4.36. The third kappa shape index (κ3) is 3.70. The highest BCUT2D eigenvalue weighted by Crippen LogP contribution is 2.29. The van der Waals surface area contributed by atoms with Gasteiger partial charge in [0.1, 0.15) is 11.5 Å². The molecule has 0 fully saturated rings. The fourth-order valence-corrected chi connectivity index (χ4v) is 2.41. The molecule has 2 amide bonds. The van der Waals surface area contributed by atoms with Crippen LogP contribution in [0.15, 0.2) is 60.7 Å². The summed E-state index contributed by atoms with van der Waals surface area (Å²) in [5, 5.41) is 17.3. The van der Waals surface area contributed by atoms with Crippen LogP contribution in [0.5, 0.6) is 11.5 Å². The number of ether oxygens (including phenoxy) is 1. The molecule has 6 heteroatoms. The Balaban J connectivity index is 1.61.